The Morgan fingerprint density at radius 3 is 2.25 bits per heavy atom. The van der Waals surface area contributed by atoms with Crippen LogP contribution in [0.2, 0.25) is 0 Å². The summed E-state index contributed by atoms with van der Waals surface area (Å²) in [4.78, 5) is 22.4. The quantitative estimate of drug-likeness (QED) is 0.243. The SMILES string of the molecule is CS(=O)(=O)c1ccc(-c2noc(CC3CCN(CCN(CC(=O)c4ccccc4)c4ccccc4)CC3)n2)cc1. The number of carbonyl (C=O) groups excluding carboxylic acids is 1. The first-order chi connectivity index (χ1) is 19.3. The minimum absolute atomic E-state index is 0.119. The van der Waals surface area contributed by atoms with Crippen LogP contribution < -0.4 is 4.90 Å². The second kappa shape index (κ2) is 12.6. The number of piperidine rings is 1. The fourth-order valence-electron chi connectivity index (χ4n) is 5.06. The van der Waals surface area contributed by atoms with Crippen LogP contribution in [-0.4, -0.2) is 68.2 Å². The van der Waals surface area contributed by atoms with Crippen molar-refractivity contribution in [3.05, 3.63) is 96.4 Å². The molecule has 9 heteroatoms. The zero-order chi connectivity index (χ0) is 28.0. The summed E-state index contributed by atoms with van der Waals surface area (Å²) in [5.74, 6) is 1.66. The number of hydrogen-bond donors (Lipinski definition) is 0. The second-order valence-corrected chi connectivity index (χ2v) is 12.4. The van der Waals surface area contributed by atoms with Gasteiger partial charge in [0.15, 0.2) is 15.6 Å². The van der Waals surface area contributed by atoms with Crippen molar-refractivity contribution < 1.29 is 17.7 Å². The van der Waals surface area contributed by atoms with Crippen molar-refractivity contribution in [2.75, 3.05) is 43.9 Å². The third-order valence-electron chi connectivity index (χ3n) is 7.42. The molecule has 0 spiro atoms. The standard InChI is InChI=1S/C31H34N4O4S/c1-40(37,38)28-14-12-26(13-15-28)31-32-30(39-33-31)22-24-16-18-34(19-17-24)20-21-35(27-10-6-3-7-11-27)23-29(36)25-8-4-2-5-9-25/h2-15,24H,16-23H2,1H3. The van der Waals surface area contributed by atoms with Crippen molar-refractivity contribution in [2.24, 2.45) is 5.92 Å². The third-order valence-corrected chi connectivity index (χ3v) is 8.55. The molecule has 3 aromatic carbocycles. The maximum Gasteiger partial charge on any atom is 0.227 e. The highest BCUT2D eigenvalue weighted by Gasteiger charge is 2.23. The number of aromatic nitrogens is 2. The molecule has 0 N–H and O–H groups in total. The number of likely N-dealkylation sites (tertiary alicyclic amines) is 1. The van der Waals surface area contributed by atoms with Gasteiger partial charge in [-0.15, -0.1) is 0 Å². The van der Waals surface area contributed by atoms with E-state index in [-0.39, 0.29) is 10.7 Å². The number of Topliss-reactive ketones (excluding diaryl/α,β-unsaturated/α-hetero) is 1. The van der Waals surface area contributed by atoms with E-state index in [0.29, 0.717) is 24.2 Å². The second-order valence-electron chi connectivity index (χ2n) is 10.3. The summed E-state index contributed by atoms with van der Waals surface area (Å²) in [5, 5.41) is 4.10. The lowest BCUT2D eigenvalue weighted by molar-refractivity contribution is 0.0997. The zero-order valence-electron chi connectivity index (χ0n) is 22.6. The van der Waals surface area contributed by atoms with Crippen molar-refractivity contribution >= 4 is 21.3 Å². The molecular weight excluding hydrogens is 524 g/mol. The molecule has 0 atom stereocenters. The number of sulfone groups is 1. The van der Waals surface area contributed by atoms with Crippen LogP contribution in [0.25, 0.3) is 11.4 Å². The van der Waals surface area contributed by atoms with Gasteiger partial charge in [0.1, 0.15) is 0 Å². The molecule has 40 heavy (non-hydrogen) atoms. The van der Waals surface area contributed by atoms with Crippen molar-refractivity contribution in [3.63, 3.8) is 0 Å². The molecule has 1 aliphatic heterocycles. The minimum atomic E-state index is -3.25. The fraction of sp³-hybridized carbons (Fsp3) is 0.323. The number of carbonyl (C=O) groups is 1. The summed E-state index contributed by atoms with van der Waals surface area (Å²) >= 11 is 0. The van der Waals surface area contributed by atoms with Crippen LogP contribution in [0, 0.1) is 5.92 Å². The summed E-state index contributed by atoms with van der Waals surface area (Å²) in [5.41, 5.74) is 2.52. The molecule has 5 rings (SSSR count). The van der Waals surface area contributed by atoms with Crippen molar-refractivity contribution in [2.45, 2.75) is 24.2 Å². The Labute approximate surface area is 235 Å². The van der Waals surface area contributed by atoms with Gasteiger partial charge in [-0.25, -0.2) is 8.42 Å². The fourth-order valence-corrected chi connectivity index (χ4v) is 5.69. The van der Waals surface area contributed by atoms with Gasteiger partial charge < -0.3 is 14.3 Å². The molecular formula is C31H34N4O4S. The molecule has 1 saturated heterocycles. The molecule has 208 valence electrons. The van der Waals surface area contributed by atoms with Gasteiger partial charge in [-0.2, -0.15) is 4.98 Å². The lowest BCUT2D eigenvalue weighted by Crippen LogP contribution is -2.41. The van der Waals surface area contributed by atoms with E-state index in [1.807, 2.05) is 48.5 Å². The Kier molecular flexibility index (Phi) is 8.72. The molecule has 0 radical (unpaired) electrons. The molecule has 2 heterocycles. The first-order valence-corrected chi connectivity index (χ1v) is 15.5. The van der Waals surface area contributed by atoms with E-state index >= 15 is 0 Å². The van der Waals surface area contributed by atoms with E-state index in [9.17, 15) is 13.2 Å². The Morgan fingerprint density at radius 1 is 0.950 bits per heavy atom. The van der Waals surface area contributed by atoms with E-state index in [1.165, 1.54) is 6.26 Å². The van der Waals surface area contributed by atoms with E-state index in [0.717, 1.165) is 62.3 Å². The average molecular weight is 559 g/mol. The van der Waals surface area contributed by atoms with Gasteiger partial charge >= 0.3 is 0 Å². The lowest BCUT2D eigenvalue weighted by atomic mass is 9.93. The highest BCUT2D eigenvalue weighted by atomic mass is 32.2. The van der Waals surface area contributed by atoms with Crippen LogP contribution >= 0.6 is 0 Å². The predicted octanol–water partition coefficient (Wildman–Crippen LogP) is 4.78. The average Bonchev–Trinajstić information content (AvgIpc) is 3.45. The predicted molar refractivity (Wildman–Crippen MR) is 155 cm³/mol. The van der Waals surface area contributed by atoms with Crippen LogP contribution in [0.3, 0.4) is 0 Å². The van der Waals surface area contributed by atoms with Crippen molar-refractivity contribution in [1.29, 1.82) is 0 Å². The molecule has 0 amide bonds. The maximum absolute atomic E-state index is 12.9. The van der Waals surface area contributed by atoms with Gasteiger partial charge in [0.05, 0.1) is 11.4 Å². The van der Waals surface area contributed by atoms with Crippen LogP contribution in [0.4, 0.5) is 5.69 Å². The molecule has 4 aromatic rings. The third kappa shape index (κ3) is 7.22. The number of hydrogen-bond acceptors (Lipinski definition) is 8. The molecule has 8 nitrogen and oxygen atoms in total. The summed E-state index contributed by atoms with van der Waals surface area (Å²) in [6.45, 7) is 3.97. The maximum atomic E-state index is 12.9. The number of nitrogens with zero attached hydrogens (tertiary/aromatic N) is 4. The largest absolute Gasteiger partial charge is 0.363 e. The molecule has 0 aliphatic carbocycles. The molecule has 0 unspecified atom stereocenters. The van der Waals surface area contributed by atoms with Crippen LogP contribution in [0.1, 0.15) is 29.1 Å². The van der Waals surface area contributed by atoms with E-state index in [4.69, 9.17) is 4.52 Å². The zero-order valence-corrected chi connectivity index (χ0v) is 23.5. The summed E-state index contributed by atoms with van der Waals surface area (Å²) < 4.78 is 28.9. The summed E-state index contributed by atoms with van der Waals surface area (Å²) in [6, 6.07) is 26.1. The molecule has 1 fully saturated rings. The molecule has 1 aromatic heterocycles. The Bertz CT molecular complexity index is 1500. The van der Waals surface area contributed by atoms with Gasteiger partial charge in [0.2, 0.25) is 11.7 Å². The van der Waals surface area contributed by atoms with E-state index in [1.54, 1.807) is 24.3 Å². The Morgan fingerprint density at radius 2 is 1.60 bits per heavy atom. The van der Waals surface area contributed by atoms with Gasteiger partial charge in [0.25, 0.3) is 0 Å². The van der Waals surface area contributed by atoms with Crippen LogP contribution in [0.15, 0.2) is 94.3 Å². The number of ketones is 1. The highest BCUT2D eigenvalue weighted by Crippen LogP contribution is 2.24. The van der Waals surface area contributed by atoms with Gasteiger partial charge in [0, 0.05) is 42.6 Å². The Hall–Kier alpha value is -3.82. The summed E-state index contributed by atoms with van der Waals surface area (Å²) in [6.07, 6.45) is 3.99. The van der Waals surface area contributed by atoms with Gasteiger partial charge in [-0.3, -0.25) is 4.79 Å². The number of anilines is 1. The van der Waals surface area contributed by atoms with Gasteiger partial charge in [-0.1, -0.05) is 53.7 Å². The smallest absolute Gasteiger partial charge is 0.227 e. The molecule has 0 bridgehead atoms. The van der Waals surface area contributed by atoms with Crippen molar-refractivity contribution in [3.8, 4) is 11.4 Å². The number of para-hydroxylation sites is 1. The monoisotopic (exact) mass is 558 g/mol. The highest BCUT2D eigenvalue weighted by molar-refractivity contribution is 7.90. The van der Waals surface area contributed by atoms with Crippen LogP contribution in [0.5, 0.6) is 0 Å². The molecule has 1 aliphatic rings. The first kappa shape index (κ1) is 27.7. The Balaban J connectivity index is 1.12. The van der Waals surface area contributed by atoms with E-state index < -0.39 is 9.84 Å². The minimum Gasteiger partial charge on any atom is -0.363 e. The normalized spacial score (nSPS) is 14.7. The van der Waals surface area contributed by atoms with Crippen molar-refractivity contribution in [1.82, 2.24) is 15.0 Å². The van der Waals surface area contributed by atoms with Crippen LogP contribution in [-0.2, 0) is 16.3 Å². The molecule has 0 saturated carbocycles. The summed E-state index contributed by atoms with van der Waals surface area (Å²) in [7, 11) is -3.25. The van der Waals surface area contributed by atoms with Gasteiger partial charge in [-0.05, 0) is 68.2 Å². The van der Waals surface area contributed by atoms with E-state index in [2.05, 4.69) is 32.1 Å². The number of rotatable bonds is 11. The lowest BCUT2D eigenvalue weighted by Gasteiger charge is -2.33. The first-order valence-electron chi connectivity index (χ1n) is 13.6. The number of benzene rings is 3. The topological polar surface area (TPSA) is 96.6 Å².